The van der Waals surface area contributed by atoms with Crippen LogP contribution < -0.4 is 0 Å². The molecule has 1 saturated heterocycles. The number of carbonyl (C=O) groups excluding carboxylic acids is 1. The minimum Gasteiger partial charge on any atom is -0.342 e. The molecular weight excluding hydrogens is 162 g/mol. The van der Waals surface area contributed by atoms with Crippen molar-refractivity contribution in [2.75, 3.05) is 13.1 Å². The Bertz CT molecular complexity index is 218. The van der Waals surface area contributed by atoms with E-state index in [9.17, 15) is 4.79 Å². The molecule has 0 aromatic rings. The van der Waals surface area contributed by atoms with Crippen molar-refractivity contribution in [3.8, 4) is 0 Å². The Hall–Kier alpha value is -0.530. The van der Waals surface area contributed by atoms with Crippen molar-refractivity contribution in [3.05, 3.63) is 0 Å². The summed E-state index contributed by atoms with van der Waals surface area (Å²) in [6.07, 6.45) is 1.13. The van der Waals surface area contributed by atoms with Gasteiger partial charge in [-0.15, -0.1) is 0 Å². The molecule has 0 aromatic heterocycles. The Labute approximate surface area is 80.3 Å². The maximum Gasteiger partial charge on any atom is 0.225 e. The smallest absolute Gasteiger partial charge is 0.225 e. The molecule has 0 N–H and O–H groups in total. The quantitative estimate of drug-likeness (QED) is 0.635. The fourth-order valence-corrected chi connectivity index (χ4v) is 2.01. The van der Waals surface area contributed by atoms with Crippen LogP contribution in [0.5, 0.6) is 0 Å². The standard InChI is InChI=1S/C11H19NO/c1-7(2)9-5-12(6-9)11(13)10-4-8(10)3/h7-10H,4-6H2,1-3H3/t8-,10-/m0/s1. The second-order valence-electron chi connectivity index (χ2n) is 5.07. The highest BCUT2D eigenvalue weighted by Crippen LogP contribution is 2.40. The minimum atomic E-state index is 0.383. The van der Waals surface area contributed by atoms with Gasteiger partial charge in [0.15, 0.2) is 0 Å². The van der Waals surface area contributed by atoms with Crippen LogP contribution in [0, 0.1) is 23.7 Å². The van der Waals surface area contributed by atoms with Crippen LogP contribution in [0.3, 0.4) is 0 Å². The zero-order chi connectivity index (χ0) is 9.59. The third kappa shape index (κ3) is 1.59. The largest absolute Gasteiger partial charge is 0.342 e. The van der Waals surface area contributed by atoms with Gasteiger partial charge in [0.05, 0.1) is 0 Å². The summed E-state index contributed by atoms with van der Waals surface area (Å²) >= 11 is 0. The van der Waals surface area contributed by atoms with Gasteiger partial charge in [0.2, 0.25) is 5.91 Å². The van der Waals surface area contributed by atoms with Crippen LogP contribution in [0.4, 0.5) is 0 Å². The Kier molecular flexibility index (Phi) is 2.09. The third-order valence-corrected chi connectivity index (χ3v) is 3.59. The summed E-state index contributed by atoms with van der Waals surface area (Å²) in [5, 5.41) is 0. The lowest BCUT2D eigenvalue weighted by Crippen LogP contribution is -2.52. The lowest BCUT2D eigenvalue weighted by Gasteiger charge is -2.41. The highest BCUT2D eigenvalue weighted by Gasteiger charge is 2.44. The summed E-state index contributed by atoms with van der Waals surface area (Å²) < 4.78 is 0. The van der Waals surface area contributed by atoms with E-state index in [2.05, 4.69) is 20.8 Å². The molecule has 1 saturated carbocycles. The van der Waals surface area contributed by atoms with Crippen molar-refractivity contribution in [2.45, 2.75) is 27.2 Å². The Morgan fingerprint density at radius 3 is 2.31 bits per heavy atom. The van der Waals surface area contributed by atoms with Gasteiger partial charge in [-0.2, -0.15) is 0 Å². The van der Waals surface area contributed by atoms with Gasteiger partial charge in [-0.25, -0.2) is 0 Å². The van der Waals surface area contributed by atoms with Crippen LogP contribution in [0.1, 0.15) is 27.2 Å². The first-order chi connectivity index (χ1) is 6.09. The van der Waals surface area contributed by atoms with E-state index < -0.39 is 0 Å². The summed E-state index contributed by atoms with van der Waals surface area (Å²) in [4.78, 5) is 13.7. The maximum absolute atomic E-state index is 11.7. The SMILES string of the molecule is CC(C)C1CN(C(=O)[C@H]2C[C@@H]2C)C1. The van der Waals surface area contributed by atoms with Gasteiger partial charge < -0.3 is 4.90 Å². The lowest BCUT2D eigenvalue weighted by atomic mass is 9.88. The number of nitrogens with zero attached hydrogens (tertiary/aromatic N) is 1. The molecule has 0 aromatic carbocycles. The molecule has 74 valence electrons. The van der Waals surface area contributed by atoms with E-state index >= 15 is 0 Å². The molecule has 2 nitrogen and oxygen atoms in total. The Morgan fingerprint density at radius 2 is 1.92 bits per heavy atom. The van der Waals surface area contributed by atoms with Crippen molar-refractivity contribution in [3.63, 3.8) is 0 Å². The first-order valence-electron chi connectivity index (χ1n) is 5.38. The topological polar surface area (TPSA) is 20.3 Å². The molecule has 0 unspecified atom stereocenters. The second kappa shape index (κ2) is 3.00. The molecule has 1 aliphatic heterocycles. The van der Waals surface area contributed by atoms with E-state index in [0.717, 1.165) is 31.3 Å². The predicted octanol–water partition coefficient (Wildman–Crippen LogP) is 1.76. The van der Waals surface area contributed by atoms with E-state index in [4.69, 9.17) is 0 Å². The number of likely N-dealkylation sites (tertiary alicyclic amines) is 1. The molecule has 2 fully saturated rings. The molecule has 0 bridgehead atoms. The average Bonchev–Trinajstić information content (AvgIpc) is 2.62. The van der Waals surface area contributed by atoms with E-state index in [1.54, 1.807) is 0 Å². The van der Waals surface area contributed by atoms with Crippen LogP contribution in [0.15, 0.2) is 0 Å². The van der Waals surface area contributed by atoms with E-state index in [0.29, 0.717) is 17.7 Å². The minimum absolute atomic E-state index is 0.383. The monoisotopic (exact) mass is 181 g/mol. The maximum atomic E-state index is 11.7. The summed E-state index contributed by atoms with van der Waals surface area (Å²) in [6, 6.07) is 0. The third-order valence-electron chi connectivity index (χ3n) is 3.59. The number of hydrogen-bond acceptors (Lipinski definition) is 1. The number of hydrogen-bond donors (Lipinski definition) is 0. The molecule has 1 heterocycles. The summed E-state index contributed by atoms with van der Waals surface area (Å²) in [5.74, 6) is 2.96. The first-order valence-corrected chi connectivity index (χ1v) is 5.38. The fourth-order valence-electron chi connectivity index (χ4n) is 2.01. The van der Waals surface area contributed by atoms with Crippen LogP contribution in [-0.2, 0) is 4.79 Å². The lowest BCUT2D eigenvalue weighted by molar-refractivity contribution is -0.140. The van der Waals surface area contributed by atoms with Gasteiger partial charge in [0.1, 0.15) is 0 Å². The van der Waals surface area contributed by atoms with Crippen LogP contribution in [0.25, 0.3) is 0 Å². The van der Waals surface area contributed by atoms with Crippen LogP contribution in [0.2, 0.25) is 0 Å². The van der Waals surface area contributed by atoms with Gasteiger partial charge in [-0.1, -0.05) is 20.8 Å². The zero-order valence-electron chi connectivity index (χ0n) is 8.79. The van der Waals surface area contributed by atoms with E-state index in [1.165, 1.54) is 0 Å². The number of rotatable bonds is 2. The molecule has 1 amide bonds. The molecule has 2 aliphatic rings. The van der Waals surface area contributed by atoms with Gasteiger partial charge in [-0.3, -0.25) is 4.79 Å². The average molecular weight is 181 g/mol. The highest BCUT2D eigenvalue weighted by atomic mass is 16.2. The van der Waals surface area contributed by atoms with Crippen LogP contribution in [-0.4, -0.2) is 23.9 Å². The summed E-state index contributed by atoms with van der Waals surface area (Å²) in [6.45, 7) is 8.68. The van der Waals surface area contributed by atoms with Crippen molar-refractivity contribution >= 4 is 5.91 Å². The number of carbonyl (C=O) groups is 1. The molecule has 0 radical (unpaired) electrons. The van der Waals surface area contributed by atoms with Crippen molar-refractivity contribution in [2.24, 2.45) is 23.7 Å². The van der Waals surface area contributed by atoms with Crippen molar-refractivity contribution in [1.82, 2.24) is 4.90 Å². The molecule has 13 heavy (non-hydrogen) atoms. The van der Waals surface area contributed by atoms with Gasteiger partial charge >= 0.3 is 0 Å². The number of amides is 1. The van der Waals surface area contributed by atoms with Crippen LogP contribution >= 0.6 is 0 Å². The predicted molar refractivity (Wildman–Crippen MR) is 52.2 cm³/mol. The highest BCUT2D eigenvalue weighted by molar-refractivity contribution is 5.82. The molecule has 2 heteroatoms. The van der Waals surface area contributed by atoms with Gasteiger partial charge in [0.25, 0.3) is 0 Å². The van der Waals surface area contributed by atoms with Crippen molar-refractivity contribution < 1.29 is 4.79 Å². The van der Waals surface area contributed by atoms with E-state index in [-0.39, 0.29) is 0 Å². The molecule has 0 spiro atoms. The Morgan fingerprint density at radius 1 is 1.38 bits per heavy atom. The van der Waals surface area contributed by atoms with E-state index in [1.807, 2.05) is 4.90 Å². The second-order valence-corrected chi connectivity index (χ2v) is 5.07. The van der Waals surface area contributed by atoms with Gasteiger partial charge in [-0.05, 0) is 24.2 Å². The summed E-state index contributed by atoms with van der Waals surface area (Å²) in [7, 11) is 0. The zero-order valence-corrected chi connectivity index (χ0v) is 8.79. The normalized spacial score (nSPS) is 33.4. The molecule has 2 rings (SSSR count). The molecular formula is C11H19NO. The van der Waals surface area contributed by atoms with Gasteiger partial charge in [0, 0.05) is 19.0 Å². The Balaban J connectivity index is 1.77. The first kappa shape index (κ1) is 9.04. The fraction of sp³-hybridized carbons (Fsp3) is 0.909. The molecule has 2 atom stereocenters. The van der Waals surface area contributed by atoms with Crippen molar-refractivity contribution in [1.29, 1.82) is 0 Å². The summed E-state index contributed by atoms with van der Waals surface area (Å²) in [5.41, 5.74) is 0. The molecule has 1 aliphatic carbocycles.